The predicted molar refractivity (Wildman–Crippen MR) is 131 cm³/mol. The van der Waals surface area contributed by atoms with Gasteiger partial charge in [-0.1, -0.05) is 18.5 Å². The Morgan fingerprint density at radius 3 is 2.21 bits per heavy atom. The summed E-state index contributed by atoms with van der Waals surface area (Å²) in [4.78, 5) is 34.5. The second kappa shape index (κ2) is 10.2. The lowest BCUT2D eigenvalue weighted by molar-refractivity contribution is 0.0965. The largest absolute Gasteiger partial charge is 0.328 e. The quantitative estimate of drug-likeness (QED) is 0.524. The first-order chi connectivity index (χ1) is 16.0. The van der Waals surface area contributed by atoms with Crippen molar-refractivity contribution in [1.82, 2.24) is 15.3 Å². The average Bonchev–Trinajstić information content (AvgIpc) is 2.77. The molecule has 0 unspecified atom stereocenters. The van der Waals surface area contributed by atoms with Gasteiger partial charge in [-0.2, -0.15) is 0 Å². The molecule has 3 amide bonds. The van der Waals surface area contributed by atoms with E-state index in [1.165, 1.54) is 36.2 Å². The average molecular weight is 502 g/mol. The fourth-order valence-corrected chi connectivity index (χ4v) is 4.38. The molecule has 0 saturated heterocycles. The van der Waals surface area contributed by atoms with Crippen molar-refractivity contribution in [2.75, 3.05) is 16.7 Å². The van der Waals surface area contributed by atoms with E-state index in [1.807, 2.05) is 6.92 Å². The van der Waals surface area contributed by atoms with Gasteiger partial charge < -0.3 is 0 Å². The SMILES string of the molecule is CCc1cc(Cl)ccc1C(=O)NC(=O)N(C)c1ccc(S(=O)(=O)Nc2nc(C)cc(C)n2)cc1. The second-order valence-corrected chi connectivity index (χ2v) is 9.67. The van der Waals surface area contributed by atoms with Crippen LogP contribution in [0.15, 0.2) is 53.4 Å². The summed E-state index contributed by atoms with van der Waals surface area (Å²) in [7, 11) is -2.47. The van der Waals surface area contributed by atoms with E-state index < -0.39 is 22.0 Å². The first-order valence-corrected chi connectivity index (χ1v) is 12.2. The number of sulfonamides is 1. The Labute approximate surface area is 203 Å². The lowest BCUT2D eigenvalue weighted by Gasteiger charge is -2.18. The van der Waals surface area contributed by atoms with E-state index >= 15 is 0 Å². The maximum Gasteiger partial charge on any atom is 0.328 e. The maximum atomic E-state index is 12.7. The van der Waals surface area contributed by atoms with Crippen molar-refractivity contribution in [2.45, 2.75) is 32.1 Å². The number of nitrogens with zero attached hydrogens (tertiary/aromatic N) is 3. The van der Waals surface area contributed by atoms with Crippen LogP contribution in [0.25, 0.3) is 0 Å². The van der Waals surface area contributed by atoms with Crippen LogP contribution in [0, 0.1) is 13.8 Å². The summed E-state index contributed by atoms with van der Waals surface area (Å²) >= 11 is 5.98. The third-order valence-corrected chi connectivity index (χ3v) is 6.54. The molecule has 0 spiro atoms. The molecule has 0 bridgehead atoms. The molecule has 2 N–H and O–H groups in total. The predicted octanol–water partition coefficient (Wildman–Crippen LogP) is 4.10. The third kappa shape index (κ3) is 5.89. The van der Waals surface area contributed by atoms with E-state index in [1.54, 1.807) is 38.1 Å². The summed E-state index contributed by atoms with van der Waals surface area (Å²) in [6.07, 6.45) is 0.574. The van der Waals surface area contributed by atoms with Gasteiger partial charge in [0.25, 0.3) is 15.9 Å². The normalized spacial score (nSPS) is 11.1. The Bertz CT molecular complexity index is 1320. The van der Waals surface area contributed by atoms with Crippen LogP contribution in [-0.2, 0) is 16.4 Å². The van der Waals surface area contributed by atoms with Crippen LogP contribution in [0.5, 0.6) is 0 Å². The van der Waals surface area contributed by atoms with Gasteiger partial charge in [-0.05, 0) is 74.4 Å². The molecule has 9 nitrogen and oxygen atoms in total. The van der Waals surface area contributed by atoms with Crippen LogP contribution in [0.4, 0.5) is 16.4 Å². The molecule has 34 heavy (non-hydrogen) atoms. The van der Waals surface area contributed by atoms with E-state index in [4.69, 9.17) is 11.6 Å². The number of rotatable bonds is 6. The van der Waals surface area contributed by atoms with Gasteiger partial charge in [0.05, 0.1) is 4.90 Å². The molecule has 0 fully saturated rings. The Balaban J connectivity index is 1.72. The molecule has 0 aliphatic rings. The number of aryl methyl sites for hydroxylation is 3. The topological polar surface area (TPSA) is 121 Å². The lowest BCUT2D eigenvalue weighted by atomic mass is 10.0. The molecule has 11 heteroatoms. The van der Waals surface area contributed by atoms with Crippen molar-refractivity contribution in [1.29, 1.82) is 0 Å². The van der Waals surface area contributed by atoms with Crippen LogP contribution in [0.1, 0.15) is 34.2 Å². The van der Waals surface area contributed by atoms with Crippen molar-refractivity contribution in [3.05, 3.63) is 76.1 Å². The number of urea groups is 1. The summed E-state index contributed by atoms with van der Waals surface area (Å²) in [5, 5.41) is 2.84. The highest BCUT2D eigenvalue weighted by Crippen LogP contribution is 2.20. The molecule has 3 rings (SSSR count). The summed E-state index contributed by atoms with van der Waals surface area (Å²) in [5.74, 6) is -0.576. The van der Waals surface area contributed by atoms with Crippen molar-refractivity contribution >= 4 is 45.2 Å². The Hall–Kier alpha value is -3.50. The van der Waals surface area contributed by atoms with Crippen molar-refractivity contribution in [3.63, 3.8) is 0 Å². The fraction of sp³-hybridized carbons (Fsp3) is 0.217. The van der Waals surface area contributed by atoms with E-state index in [9.17, 15) is 18.0 Å². The highest BCUT2D eigenvalue weighted by molar-refractivity contribution is 7.92. The maximum absolute atomic E-state index is 12.7. The third-order valence-electron chi connectivity index (χ3n) is 4.96. The van der Waals surface area contributed by atoms with Crippen LogP contribution in [0.3, 0.4) is 0 Å². The van der Waals surface area contributed by atoms with E-state index in [-0.39, 0.29) is 10.8 Å². The van der Waals surface area contributed by atoms with Crippen molar-refractivity contribution in [3.8, 4) is 0 Å². The number of nitrogens with one attached hydrogen (secondary N) is 2. The van der Waals surface area contributed by atoms with E-state index in [0.717, 1.165) is 5.56 Å². The highest BCUT2D eigenvalue weighted by Gasteiger charge is 2.20. The zero-order chi connectivity index (χ0) is 25.0. The molecule has 3 aromatic rings. The number of hydrogen-bond acceptors (Lipinski definition) is 6. The molecule has 178 valence electrons. The Kier molecular flexibility index (Phi) is 7.53. The first kappa shape index (κ1) is 25.1. The molecule has 0 aliphatic heterocycles. The summed E-state index contributed by atoms with van der Waals surface area (Å²) in [6.45, 7) is 5.36. The molecule has 0 atom stereocenters. The van der Waals surface area contributed by atoms with Crippen molar-refractivity contribution in [2.24, 2.45) is 0 Å². The minimum Gasteiger partial charge on any atom is -0.297 e. The molecule has 1 aromatic heterocycles. The van der Waals surface area contributed by atoms with Crippen molar-refractivity contribution < 1.29 is 18.0 Å². The standard InChI is InChI=1S/C23H24ClN5O4S/c1-5-16-13-17(24)6-11-20(16)21(30)27-23(31)29(4)18-7-9-19(10-8-18)34(32,33)28-22-25-14(2)12-15(3)26-22/h6-13H,5H2,1-4H3,(H,25,26,28)(H,27,30,31). The zero-order valence-corrected chi connectivity index (χ0v) is 20.7. The number of carbonyl (C=O) groups excluding carboxylic acids is 2. The smallest absolute Gasteiger partial charge is 0.297 e. The lowest BCUT2D eigenvalue weighted by Crippen LogP contribution is -2.41. The minimum atomic E-state index is -3.93. The fourth-order valence-electron chi connectivity index (χ4n) is 3.24. The number of halogens is 1. The number of anilines is 2. The molecule has 0 aliphatic carbocycles. The molecule has 0 saturated carbocycles. The monoisotopic (exact) mass is 501 g/mol. The van der Waals surface area contributed by atoms with E-state index in [2.05, 4.69) is 20.0 Å². The first-order valence-electron chi connectivity index (χ1n) is 10.3. The number of imide groups is 1. The Morgan fingerprint density at radius 2 is 1.62 bits per heavy atom. The summed E-state index contributed by atoms with van der Waals surface area (Å²) in [5.41, 5.74) is 2.73. The van der Waals surface area contributed by atoms with Crippen LogP contribution < -0.4 is 14.9 Å². The summed E-state index contributed by atoms with van der Waals surface area (Å²) in [6, 6.07) is 11.5. The van der Waals surface area contributed by atoms with Crippen LogP contribution in [-0.4, -0.2) is 37.4 Å². The van der Waals surface area contributed by atoms with Gasteiger partial charge in [0.1, 0.15) is 0 Å². The second-order valence-electron chi connectivity index (χ2n) is 7.55. The van der Waals surface area contributed by atoms with Gasteiger partial charge >= 0.3 is 6.03 Å². The molecule has 1 heterocycles. The minimum absolute atomic E-state index is 0.0229. The van der Waals surface area contributed by atoms with Gasteiger partial charge in [0.2, 0.25) is 5.95 Å². The molecule has 0 radical (unpaired) electrons. The number of carbonyl (C=O) groups is 2. The number of amides is 3. The zero-order valence-electron chi connectivity index (χ0n) is 19.1. The highest BCUT2D eigenvalue weighted by atomic mass is 35.5. The van der Waals surface area contributed by atoms with Crippen LogP contribution in [0.2, 0.25) is 5.02 Å². The molecular formula is C23H24ClN5O4S. The molecule has 2 aromatic carbocycles. The van der Waals surface area contributed by atoms with Gasteiger partial charge in [0, 0.05) is 34.7 Å². The van der Waals surface area contributed by atoms with Gasteiger partial charge in [-0.25, -0.2) is 27.9 Å². The number of hydrogen-bond donors (Lipinski definition) is 2. The van der Waals surface area contributed by atoms with E-state index in [0.29, 0.717) is 34.1 Å². The van der Waals surface area contributed by atoms with Crippen LogP contribution >= 0.6 is 11.6 Å². The molecular weight excluding hydrogens is 478 g/mol. The number of benzene rings is 2. The number of aromatic nitrogens is 2. The summed E-state index contributed by atoms with van der Waals surface area (Å²) < 4.78 is 27.7. The Morgan fingerprint density at radius 1 is 1.00 bits per heavy atom. The van der Waals surface area contributed by atoms with Gasteiger partial charge in [-0.3, -0.25) is 15.0 Å². The van der Waals surface area contributed by atoms with Gasteiger partial charge in [-0.15, -0.1) is 0 Å². The van der Waals surface area contributed by atoms with Gasteiger partial charge in [0.15, 0.2) is 0 Å².